The van der Waals surface area contributed by atoms with Crippen molar-refractivity contribution >= 4 is 0 Å². The zero-order valence-electron chi connectivity index (χ0n) is 8.94. The first-order chi connectivity index (χ1) is 7.13. The van der Waals surface area contributed by atoms with Gasteiger partial charge in [0.15, 0.2) is 11.6 Å². The Morgan fingerprint density at radius 3 is 2.87 bits per heavy atom. The van der Waals surface area contributed by atoms with Gasteiger partial charge >= 0.3 is 0 Å². The van der Waals surface area contributed by atoms with E-state index in [9.17, 15) is 8.78 Å². The minimum absolute atomic E-state index is 0.0215. The molecule has 0 aliphatic carbocycles. The van der Waals surface area contributed by atoms with Gasteiger partial charge in [0.2, 0.25) is 5.82 Å². The van der Waals surface area contributed by atoms with Gasteiger partial charge in [-0.15, -0.1) is 0 Å². The smallest absolute Gasteiger partial charge is 0.200 e. The third kappa shape index (κ3) is 1.71. The van der Waals surface area contributed by atoms with E-state index in [4.69, 9.17) is 4.74 Å². The summed E-state index contributed by atoms with van der Waals surface area (Å²) in [4.78, 5) is 0. The third-order valence-corrected chi connectivity index (χ3v) is 2.96. The molecule has 82 valence electrons. The van der Waals surface area contributed by atoms with Gasteiger partial charge in [-0.2, -0.15) is 4.39 Å². The largest absolute Gasteiger partial charge is 0.487 e. The van der Waals surface area contributed by atoms with E-state index >= 15 is 0 Å². The summed E-state index contributed by atoms with van der Waals surface area (Å²) in [5.41, 5.74) is 1.59. The summed E-state index contributed by atoms with van der Waals surface area (Å²) in [6.07, 6.45) is 2.51. The van der Waals surface area contributed by atoms with Crippen LogP contribution in [-0.4, -0.2) is 6.10 Å². The monoisotopic (exact) mass is 212 g/mol. The SMILES string of the molecule is CCC1CCc2c(C)cc(F)c(F)c2O1. The van der Waals surface area contributed by atoms with Gasteiger partial charge in [0, 0.05) is 5.56 Å². The van der Waals surface area contributed by atoms with Gasteiger partial charge < -0.3 is 4.74 Å². The normalized spacial score (nSPS) is 19.6. The highest BCUT2D eigenvalue weighted by molar-refractivity contribution is 5.43. The van der Waals surface area contributed by atoms with Gasteiger partial charge in [0.05, 0.1) is 6.10 Å². The van der Waals surface area contributed by atoms with E-state index in [1.54, 1.807) is 6.92 Å². The second-order valence-corrected chi connectivity index (χ2v) is 3.98. The predicted molar refractivity (Wildman–Crippen MR) is 54.1 cm³/mol. The number of ether oxygens (including phenoxy) is 1. The molecule has 0 saturated carbocycles. The van der Waals surface area contributed by atoms with E-state index in [-0.39, 0.29) is 11.9 Å². The summed E-state index contributed by atoms with van der Waals surface area (Å²) in [6.45, 7) is 3.77. The highest BCUT2D eigenvalue weighted by Gasteiger charge is 2.25. The number of benzene rings is 1. The van der Waals surface area contributed by atoms with Crippen molar-refractivity contribution in [3.05, 3.63) is 28.8 Å². The summed E-state index contributed by atoms with van der Waals surface area (Å²) in [5.74, 6) is -1.53. The molecule has 1 unspecified atom stereocenters. The second-order valence-electron chi connectivity index (χ2n) is 3.98. The minimum Gasteiger partial charge on any atom is -0.487 e. The van der Waals surface area contributed by atoms with Crippen LogP contribution < -0.4 is 4.74 Å². The molecule has 1 aromatic rings. The summed E-state index contributed by atoms with van der Waals surface area (Å²) >= 11 is 0. The van der Waals surface area contributed by atoms with Gasteiger partial charge in [-0.25, -0.2) is 4.39 Å². The van der Waals surface area contributed by atoms with Gasteiger partial charge in [-0.3, -0.25) is 0 Å². The number of aryl methyl sites for hydroxylation is 1. The molecule has 1 nitrogen and oxygen atoms in total. The molecular weight excluding hydrogens is 198 g/mol. The molecule has 0 saturated heterocycles. The fourth-order valence-electron chi connectivity index (χ4n) is 2.01. The van der Waals surface area contributed by atoms with Crippen LogP contribution in [0, 0.1) is 18.6 Å². The maximum Gasteiger partial charge on any atom is 0.200 e. The van der Waals surface area contributed by atoms with Crippen molar-refractivity contribution in [3.63, 3.8) is 0 Å². The van der Waals surface area contributed by atoms with Gasteiger partial charge in [0.25, 0.3) is 0 Å². The Morgan fingerprint density at radius 2 is 2.20 bits per heavy atom. The van der Waals surface area contributed by atoms with Crippen molar-refractivity contribution in [1.29, 1.82) is 0 Å². The lowest BCUT2D eigenvalue weighted by Gasteiger charge is -2.26. The van der Waals surface area contributed by atoms with Crippen LogP contribution >= 0.6 is 0 Å². The molecule has 0 amide bonds. The average Bonchev–Trinajstić information content (AvgIpc) is 2.25. The standard InChI is InChI=1S/C12H14F2O/c1-3-8-4-5-9-7(2)6-10(13)11(14)12(9)15-8/h6,8H,3-5H2,1-2H3. The lowest BCUT2D eigenvalue weighted by atomic mass is 9.96. The third-order valence-electron chi connectivity index (χ3n) is 2.96. The van der Waals surface area contributed by atoms with Crippen LogP contribution in [0.2, 0.25) is 0 Å². The molecule has 0 radical (unpaired) electrons. The number of hydrogen-bond acceptors (Lipinski definition) is 1. The van der Waals surface area contributed by atoms with Crippen LogP contribution in [0.3, 0.4) is 0 Å². The molecule has 0 fully saturated rings. The van der Waals surface area contributed by atoms with E-state index in [1.807, 2.05) is 6.92 Å². The van der Waals surface area contributed by atoms with Crippen molar-refractivity contribution in [3.8, 4) is 5.75 Å². The minimum atomic E-state index is -0.839. The molecule has 0 N–H and O–H groups in total. The Balaban J connectivity index is 2.48. The zero-order chi connectivity index (χ0) is 11.0. The molecule has 3 heteroatoms. The predicted octanol–water partition coefficient (Wildman–Crippen LogP) is 3.38. The van der Waals surface area contributed by atoms with Crippen LogP contribution in [0.4, 0.5) is 8.78 Å². The van der Waals surface area contributed by atoms with Crippen LogP contribution in [0.5, 0.6) is 5.75 Å². The van der Waals surface area contributed by atoms with Crippen molar-refractivity contribution in [1.82, 2.24) is 0 Å². The topological polar surface area (TPSA) is 9.23 Å². The van der Waals surface area contributed by atoms with Crippen molar-refractivity contribution < 1.29 is 13.5 Å². The Labute approximate surface area is 88.1 Å². The fourth-order valence-corrected chi connectivity index (χ4v) is 2.01. The zero-order valence-corrected chi connectivity index (χ0v) is 8.94. The summed E-state index contributed by atoms with van der Waals surface area (Å²) in [5, 5.41) is 0. The number of fused-ring (bicyclic) bond motifs is 1. The summed E-state index contributed by atoms with van der Waals surface area (Å²) in [7, 11) is 0. The number of rotatable bonds is 1. The molecule has 0 bridgehead atoms. The van der Waals surface area contributed by atoms with E-state index in [0.29, 0.717) is 0 Å². The second kappa shape index (κ2) is 3.80. The lowest BCUT2D eigenvalue weighted by Crippen LogP contribution is -2.23. The van der Waals surface area contributed by atoms with E-state index in [0.717, 1.165) is 30.4 Å². The Bertz CT molecular complexity index is 388. The summed E-state index contributed by atoms with van der Waals surface area (Å²) in [6, 6.07) is 1.24. The van der Waals surface area contributed by atoms with Gasteiger partial charge in [-0.05, 0) is 37.8 Å². The summed E-state index contributed by atoms with van der Waals surface area (Å²) < 4.78 is 32.1. The molecule has 0 spiro atoms. The first kappa shape index (κ1) is 10.4. The molecule has 0 aromatic heterocycles. The molecule has 1 aliphatic heterocycles. The fraction of sp³-hybridized carbons (Fsp3) is 0.500. The van der Waals surface area contributed by atoms with Crippen molar-refractivity contribution in [2.75, 3.05) is 0 Å². The molecule has 1 aromatic carbocycles. The van der Waals surface area contributed by atoms with Crippen molar-refractivity contribution in [2.45, 2.75) is 39.2 Å². The highest BCUT2D eigenvalue weighted by atomic mass is 19.2. The van der Waals surface area contributed by atoms with Crippen LogP contribution in [0.1, 0.15) is 30.9 Å². The molecule has 15 heavy (non-hydrogen) atoms. The number of hydrogen-bond donors (Lipinski definition) is 0. The maximum absolute atomic E-state index is 13.5. The van der Waals surface area contributed by atoms with E-state index < -0.39 is 11.6 Å². The first-order valence-corrected chi connectivity index (χ1v) is 5.27. The van der Waals surface area contributed by atoms with Crippen LogP contribution in [0.15, 0.2) is 6.07 Å². The molecule has 1 heterocycles. The molecular formula is C12H14F2O. The van der Waals surface area contributed by atoms with Crippen LogP contribution in [0.25, 0.3) is 0 Å². The Hall–Kier alpha value is -1.12. The molecule has 2 rings (SSSR count). The van der Waals surface area contributed by atoms with Gasteiger partial charge in [-0.1, -0.05) is 6.92 Å². The average molecular weight is 212 g/mol. The van der Waals surface area contributed by atoms with E-state index in [1.165, 1.54) is 6.07 Å². The highest BCUT2D eigenvalue weighted by Crippen LogP contribution is 2.34. The van der Waals surface area contributed by atoms with Gasteiger partial charge in [0.1, 0.15) is 0 Å². The lowest BCUT2D eigenvalue weighted by molar-refractivity contribution is 0.159. The van der Waals surface area contributed by atoms with E-state index in [2.05, 4.69) is 0 Å². The Morgan fingerprint density at radius 1 is 1.47 bits per heavy atom. The first-order valence-electron chi connectivity index (χ1n) is 5.27. The number of halogens is 2. The molecule has 1 atom stereocenters. The maximum atomic E-state index is 13.5. The van der Waals surface area contributed by atoms with Crippen LogP contribution in [-0.2, 0) is 6.42 Å². The molecule has 1 aliphatic rings. The quantitative estimate of drug-likeness (QED) is 0.693. The Kier molecular flexibility index (Phi) is 2.63. The van der Waals surface area contributed by atoms with Crippen molar-refractivity contribution in [2.24, 2.45) is 0 Å².